The Morgan fingerprint density at radius 1 is 1.17 bits per heavy atom. The average Bonchev–Trinajstić information content (AvgIpc) is 3.26. The van der Waals surface area contributed by atoms with Crippen LogP contribution in [0.15, 0.2) is 41.2 Å². The minimum atomic E-state index is -0.218. The Kier molecular flexibility index (Phi) is 3.83. The van der Waals surface area contributed by atoms with Crippen LogP contribution in [-0.4, -0.2) is 56.1 Å². The van der Waals surface area contributed by atoms with Gasteiger partial charge < -0.3 is 14.1 Å². The molecule has 1 fully saturated rings. The fourth-order valence-electron chi connectivity index (χ4n) is 2.91. The standard InChI is InChI=1S/C16H18N6O2/c1-11-9-21(2)10-13(23-11)16-20-19-15(24-16)12-5-3-6-17-14(12)22-8-4-7-18-22/h3-8,11,13H,9-10H2,1-2H3/t11-,13-/m1/s1. The number of likely N-dealkylation sites (N-methyl/N-ethyl adjacent to an activating group) is 1. The summed E-state index contributed by atoms with van der Waals surface area (Å²) in [5.41, 5.74) is 0.733. The van der Waals surface area contributed by atoms with Crippen molar-refractivity contribution in [3.8, 4) is 17.3 Å². The molecule has 3 aromatic rings. The lowest BCUT2D eigenvalue weighted by molar-refractivity contribution is -0.0821. The Morgan fingerprint density at radius 3 is 2.88 bits per heavy atom. The van der Waals surface area contributed by atoms with E-state index in [4.69, 9.17) is 9.15 Å². The quantitative estimate of drug-likeness (QED) is 0.724. The maximum atomic E-state index is 5.92. The molecule has 0 spiro atoms. The van der Waals surface area contributed by atoms with Crippen LogP contribution in [0.25, 0.3) is 17.3 Å². The number of hydrogen-bond donors (Lipinski definition) is 0. The molecule has 1 saturated heterocycles. The van der Waals surface area contributed by atoms with Crippen molar-refractivity contribution in [2.75, 3.05) is 20.1 Å². The maximum absolute atomic E-state index is 5.92. The summed E-state index contributed by atoms with van der Waals surface area (Å²) < 4.78 is 13.5. The van der Waals surface area contributed by atoms with Crippen LogP contribution in [-0.2, 0) is 4.74 Å². The molecule has 0 saturated carbocycles. The van der Waals surface area contributed by atoms with E-state index in [9.17, 15) is 0 Å². The van der Waals surface area contributed by atoms with Gasteiger partial charge in [0.2, 0.25) is 5.89 Å². The fraction of sp³-hybridized carbons (Fsp3) is 0.375. The third-order valence-electron chi connectivity index (χ3n) is 3.90. The molecule has 0 bridgehead atoms. The summed E-state index contributed by atoms with van der Waals surface area (Å²) in [7, 11) is 2.06. The van der Waals surface area contributed by atoms with Crippen LogP contribution in [0, 0.1) is 0 Å². The zero-order chi connectivity index (χ0) is 16.5. The molecule has 1 aliphatic rings. The largest absolute Gasteiger partial charge is 0.418 e. The molecule has 124 valence electrons. The zero-order valence-corrected chi connectivity index (χ0v) is 13.5. The van der Waals surface area contributed by atoms with E-state index in [1.54, 1.807) is 17.1 Å². The van der Waals surface area contributed by atoms with Crippen molar-refractivity contribution in [1.82, 2.24) is 29.9 Å². The molecule has 1 aliphatic heterocycles. The topological polar surface area (TPSA) is 82.1 Å². The highest BCUT2D eigenvalue weighted by atomic mass is 16.5. The van der Waals surface area contributed by atoms with Crippen LogP contribution in [0.1, 0.15) is 18.9 Å². The zero-order valence-electron chi connectivity index (χ0n) is 13.5. The minimum Gasteiger partial charge on any atom is -0.418 e. The minimum absolute atomic E-state index is 0.127. The molecule has 0 unspecified atom stereocenters. The Bertz CT molecular complexity index is 806. The molecule has 4 rings (SSSR count). The second-order valence-corrected chi connectivity index (χ2v) is 5.93. The maximum Gasteiger partial charge on any atom is 0.251 e. The fourth-order valence-corrected chi connectivity index (χ4v) is 2.91. The summed E-state index contributed by atoms with van der Waals surface area (Å²) in [4.78, 5) is 6.57. The van der Waals surface area contributed by atoms with Gasteiger partial charge in [-0.3, -0.25) is 0 Å². The van der Waals surface area contributed by atoms with Crippen molar-refractivity contribution in [2.45, 2.75) is 19.1 Å². The molecule has 0 aliphatic carbocycles. The molecule has 0 N–H and O–H groups in total. The van der Waals surface area contributed by atoms with Crippen molar-refractivity contribution < 1.29 is 9.15 Å². The second kappa shape index (κ2) is 6.14. The first kappa shape index (κ1) is 15.0. The van der Waals surface area contributed by atoms with E-state index >= 15 is 0 Å². The van der Waals surface area contributed by atoms with Gasteiger partial charge >= 0.3 is 0 Å². The van der Waals surface area contributed by atoms with E-state index in [0.29, 0.717) is 17.6 Å². The molecule has 3 aromatic heterocycles. The van der Waals surface area contributed by atoms with Crippen molar-refractivity contribution >= 4 is 0 Å². The highest BCUT2D eigenvalue weighted by molar-refractivity contribution is 5.62. The van der Waals surface area contributed by atoms with Crippen molar-refractivity contribution in [3.05, 3.63) is 42.7 Å². The van der Waals surface area contributed by atoms with Crippen LogP contribution in [0.5, 0.6) is 0 Å². The van der Waals surface area contributed by atoms with Crippen LogP contribution >= 0.6 is 0 Å². The van der Waals surface area contributed by atoms with Crippen molar-refractivity contribution in [1.29, 1.82) is 0 Å². The number of rotatable bonds is 3. The van der Waals surface area contributed by atoms with Crippen LogP contribution in [0.4, 0.5) is 0 Å². The van der Waals surface area contributed by atoms with E-state index in [0.717, 1.165) is 18.7 Å². The Morgan fingerprint density at radius 2 is 2.08 bits per heavy atom. The number of aromatic nitrogens is 5. The predicted octanol–water partition coefficient (Wildman–Crippen LogP) is 1.71. The van der Waals surface area contributed by atoms with Gasteiger partial charge in [0.25, 0.3) is 5.89 Å². The van der Waals surface area contributed by atoms with Gasteiger partial charge in [0.1, 0.15) is 6.10 Å². The predicted molar refractivity (Wildman–Crippen MR) is 85.4 cm³/mol. The second-order valence-electron chi connectivity index (χ2n) is 5.93. The van der Waals surface area contributed by atoms with E-state index in [1.807, 2.05) is 31.3 Å². The van der Waals surface area contributed by atoms with Crippen LogP contribution in [0.3, 0.4) is 0 Å². The molecule has 0 amide bonds. The number of hydrogen-bond acceptors (Lipinski definition) is 7. The first-order chi connectivity index (χ1) is 11.7. The molecule has 8 nitrogen and oxygen atoms in total. The third-order valence-corrected chi connectivity index (χ3v) is 3.90. The summed E-state index contributed by atoms with van der Waals surface area (Å²) in [5, 5.41) is 12.6. The molecule has 0 radical (unpaired) electrons. The van der Waals surface area contributed by atoms with Crippen LogP contribution in [0.2, 0.25) is 0 Å². The third kappa shape index (κ3) is 2.81. The Labute approximate surface area is 139 Å². The highest BCUT2D eigenvalue weighted by Gasteiger charge is 2.29. The molecular formula is C16H18N6O2. The van der Waals surface area contributed by atoms with E-state index in [-0.39, 0.29) is 12.2 Å². The number of pyridine rings is 1. The molecular weight excluding hydrogens is 308 g/mol. The van der Waals surface area contributed by atoms with Gasteiger partial charge in [-0.2, -0.15) is 5.10 Å². The molecule has 8 heteroatoms. The van der Waals surface area contributed by atoms with Gasteiger partial charge in [-0.05, 0) is 32.2 Å². The van der Waals surface area contributed by atoms with E-state index in [1.165, 1.54) is 0 Å². The molecule has 4 heterocycles. The van der Waals surface area contributed by atoms with Gasteiger partial charge in [0, 0.05) is 31.7 Å². The van der Waals surface area contributed by atoms with E-state index < -0.39 is 0 Å². The number of ether oxygens (including phenoxy) is 1. The Hall–Kier alpha value is -2.58. The van der Waals surface area contributed by atoms with E-state index in [2.05, 4.69) is 32.2 Å². The number of morpholine rings is 1. The summed E-state index contributed by atoms with van der Waals surface area (Å²) in [6, 6.07) is 5.56. The Balaban J connectivity index is 1.66. The lowest BCUT2D eigenvalue weighted by Gasteiger charge is -2.32. The lowest BCUT2D eigenvalue weighted by Crippen LogP contribution is -2.40. The first-order valence-electron chi connectivity index (χ1n) is 7.83. The first-order valence-corrected chi connectivity index (χ1v) is 7.83. The summed E-state index contributed by atoms with van der Waals surface area (Å²) >= 11 is 0. The van der Waals surface area contributed by atoms with Gasteiger partial charge in [0.15, 0.2) is 5.82 Å². The molecule has 0 aromatic carbocycles. The summed E-state index contributed by atoms with van der Waals surface area (Å²) in [6.45, 7) is 3.66. The molecule has 2 atom stereocenters. The van der Waals surface area contributed by atoms with Crippen molar-refractivity contribution in [3.63, 3.8) is 0 Å². The lowest BCUT2D eigenvalue weighted by atomic mass is 10.2. The summed E-state index contributed by atoms with van der Waals surface area (Å²) in [6.07, 6.45) is 5.14. The normalized spacial score (nSPS) is 21.9. The number of nitrogens with zero attached hydrogens (tertiary/aromatic N) is 6. The summed E-state index contributed by atoms with van der Waals surface area (Å²) in [5.74, 6) is 1.54. The van der Waals surface area contributed by atoms with Gasteiger partial charge in [0.05, 0.1) is 11.7 Å². The van der Waals surface area contributed by atoms with Gasteiger partial charge in [-0.25, -0.2) is 9.67 Å². The van der Waals surface area contributed by atoms with Crippen LogP contribution < -0.4 is 0 Å². The van der Waals surface area contributed by atoms with Crippen molar-refractivity contribution in [2.24, 2.45) is 0 Å². The van der Waals surface area contributed by atoms with Gasteiger partial charge in [-0.15, -0.1) is 10.2 Å². The molecule has 24 heavy (non-hydrogen) atoms. The smallest absolute Gasteiger partial charge is 0.251 e. The SMILES string of the molecule is C[C@@H]1CN(C)C[C@H](c2nnc(-c3cccnc3-n3cccn3)o2)O1. The highest BCUT2D eigenvalue weighted by Crippen LogP contribution is 2.28. The average molecular weight is 326 g/mol. The monoisotopic (exact) mass is 326 g/mol. The van der Waals surface area contributed by atoms with Gasteiger partial charge in [-0.1, -0.05) is 0 Å².